The molecule has 0 bridgehead atoms. The van der Waals surface area contributed by atoms with Gasteiger partial charge in [-0.05, 0) is 44.2 Å². The third-order valence-corrected chi connectivity index (χ3v) is 5.19. The van der Waals surface area contributed by atoms with Crippen molar-refractivity contribution >= 4 is 46.1 Å². The first-order chi connectivity index (χ1) is 13.4. The summed E-state index contributed by atoms with van der Waals surface area (Å²) in [6.45, 7) is 5.66. The summed E-state index contributed by atoms with van der Waals surface area (Å²) in [4.78, 5) is 15.7. The number of carbonyl (C=O) groups excluding carboxylic acids is 1. The van der Waals surface area contributed by atoms with E-state index >= 15 is 0 Å². The molecule has 0 aliphatic carbocycles. The number of aromatic nitrogens is 1. The highest BCUT2D eigenvalue weighted by molar-refractivity contribution is 6.42. The first-order valence-corrected chi connectivity index (χ1v) is 9.83. The lowest BCUT2D eigenvalue weighted by atomic mass is 10.2. The molecule has 2 aromatic rings. The molecule has 1 aromatic carbocycles. The maximum absolute atomic E-state index is 12.5. The molecule has 2 heterocycles. The monoisotopic (exact) mass is 422 g/mol. The number of benzene rings is 1. The van der Waals surface area contributed by atoms with E-state index in [0.717, 1.165) is 29.7 Å². The van der Waals surface area contributed by atoms with Gasteiger partial charge in [0.2, 0.25) is 0 Å². The van der Waals surface area contributed by atoms with E-state index in [2.05, 4.69) is 29.6 Å². The van der Waals surface area contributed by atoms with Crippen LogP contribution < -0.4 is 10.7 Å². The predicted molar refractivity (Wildman–Crippen MR) is 114 cm³/mol. The molecule has 0 radical (unpaired) electrons. The topological polar surface area (TPSA) is 69.4 Å². The molecule has 1 fully saturated rings. The van der Waals surface area contributed by atoms with Crippen molar-refractivity contribution in [3.63, 3.8) is 0 Å². The Balaban J connectivity index is 1.67. The summed E-state index contributed by atoms with van der Waals surface area (Å²) in [6, 6.07) is 6.17. The molecule has 150 valence electrons. The van der Waals surface area contributed by atoms with Crippen LogP contribution in [-0.4, -0.2) is 48.2 Å². The summed E-state index contributed by atoms with van der Waals surface area (Å²) in [6.07, 6.45) is 5.24. The van der Waals surface area contributed by atoms with Crippen LogP contribution in [-0.2, 0) is 9.53 Å². The molecule has 0 saturated carbocycles. The fourth-order valence-corrected chi connectivity index (χ4v) is 3.67. The first kappa shape index (κ1) is 20.7. The van der Waals surface area contributed by atoms with Gasteiger partial charge in [0.05, 0.1) is 17.2 Å². The number of nitrogens with zero attached hydrogens (tertiary/aromatic N) is 1. The van der Waals surface area contributed by atoms with Crippen LogP contribution in [0.4, 0.5) is 0 Å². The van der Waals surface area contributed by atoms with Gasteiger partial charge in [0.25, 0.3) is 0 Å². The zero-order valence-electron chi connectivity index (χ0n) is 16.1. The maximum atomic E-state index is 12.5. The predicted octanol–water partition coefficient (Wildman–Crippen LogP) is 3.73. The van der Waals surface area contributed by atoms with Crippen molar-refractivity contribution in [3.05, 3.63) is 51.8 Å². The Bertz CT molecular complexity index is 873. The van der Waals surface area contributed by atoms with Crippen LogP contribution in [0, 0.1) is 0 Å². The minimum atomic E-state index is -0.274. The zero-order chi connectivity index (χ0) is 20.3. The molecule has 3 N–H and O–H groups in total. The van der Waals surface area contributed by atoms with E-state index in [1.165, 1.54) is 7.11 Å². The number of aromatic amines is 1. The lowest BCUT2D eigenvalue weighted by Gasteiger charge is -2.35. The van der Waals surface area contributed by atoms with Crippen molar-refractivity contribution in [3.8, 4) is 0 Å². The van der Waals surface area contributed by atoms with Gasteiger partial charge in [-0.1, -0.05) is 29.3 Å². The molecule has 1 aromatic heterocycles. The average Bonchev–Trinajstić information content (AvgIpc) is 2.99. The third-order valence-electron chi connectivity index (χ3n) is 4.47. The van der Waals surface area contributed by atoms with Gasteiger partial charge in [-0.2, -0.15) is 0 Å². The van der Waals surface area contributed by atoms with Gasteiger partial charge >= 0.3 is 5.91 Å². The van der Waals surface area contributed by atoms with Gasteiger partial charge in [-0.3, -0.25) is 10.2 Å². The fourth-order valence-electron chi connectivity index (χ4n) is 3.33. The molecule has 3 rings (SSSR count). The molecule has 28 heavy (non-hydrogen) atoms. The summed E-state index contributed by atoms with van der Waals surface area (Å²) in [5.41, 5.74) is 4.66. The molecule has 1 aliphatic rings. The number of H-pyrrole nitrogens is 1. The molecule has 6 nitrogen and oxygen atoms in total. The number of piperazine rings is 1. The number of nitrogens with one attached hydrogen (secondary N) is 3. The van der Waals surface area contributed by atoms with Gasteiger partial charge in [0.1, 0.15) is 0 Å². The molecule has 2 unspecified atom stereocenters. The summed E-state index contributed by atoms with van der Waals surface area (Å²) < 4.78 is 5.25. The summed E-state index contributed by atoms with van der Waals surface area (Å²) >= 11 is 12.1. The van der Waals surface area contributed by atoms with Crippen molar-refractivity contribution in [1.29, 1.82) is 0 Å². The van der Waals surface area contributed by atoms with E-state index in [1.54, 1.807) is 18.2 Å². The minimum Gasteiger partial charge on any atom is -0.491 e. The van der Waals surface area contributed by atoms with E-state index < -0.39 is 0 Å². The highest BCUT2D eigenvalue weighted by Crippen LogP contribution is 2.28. The Morgan fingerprint density at radius 2 is 1.89 bits per heavy atom. The Kier molecular flexibility index (Phi) is 6.67. The first-order valence-electron chi connectivity index (χ1n) is 9.08. The zero-order valence-corrected chi connectivity index (χ0v) is 17.6. The quantitative estimate of drug-likeness (QED) is 0.390. The van der Waals surface area contributed by atoms with Crippen molar-refractivity contribution in [2.45, 2.75) is 25.9 Å². The number of carbonyl (C=O) groups is 1. The highest BCUT2D eigenvalue weighted by atomic mass is 35.5. The summed E-state index contributed by atoms with van der Waals surface area (Å²) in [7, 11) is 1.48. The average molecular weight is 423 g/mol. The van der Waals surface area contributed by atoms with Crippen LogP contribution in [0.3, 0.4) is 0 Å². The van der Waals surface area contributed by atoms with Crippen LogP contribution in [0.15, 0.2) is 36.1 Å². The van der Waals surface area contributed by atoms with E-state index in [0.29, 0.717) is 22.1 Å². The number of hydrogen-bond acceptors (Lipinski definition) is 4. The van der Waals surface area contributed by atoms with Crippen molar-refractivity contribution < 1.29 is 9.53 Å². The standard InChI is InChI=1S/C20H24Cl2N4O2/c1-12-10-26(11-13(2)23-12)25-20(27)19(28-3)6-4-5-15-7-14-8-16(21)17(22)9-18(14)24-15/h4-9,12-13,23-24H,10-11H2,1-3H3,(H,25,27). The summed E-state index contributed by atoms with van der Waals surface area (Å²) in [5, 5.41) is 7.31. The lowest BCUT2D eigenvalue weighted by Crippen LogP contribution is -2.59. The molecular weight excluding hydrogens is 399 g/mol. The highest BCUT2D eigenvalue weighted by Gasteiger charge is 2.23. The van der Waals surface area contributed by atoms with Crippen molar-refractivity contribution in [2.75, 3.05) is 20.2 Å². The van der Waals surface area contributed by atoms with Gasteiger partial charge in [0, 0.05) is 41.8 Å². The third kappa shape index (κ3) is 5.08. The van der Waals surface area contributed by atoms with Crippen LogP contribution >= 0.6 is 23.2 Å². The van der Waals surface area contributed by atoms with E-state index in [4.69, 9.17) is 27.9 Å². The Morgan fingerprint density at radius 3 is 2.57 bits per heavy atom. The molecule has 1 aliphatic heterocycles. The van der Waals surface area contributed by atoms with Crippen molar-refractivity contribution in [2.24, 2.45) is 0 Å². The van der Waals surface area contributed by atoms with Gasteiger partial charge in [0.15, 0.2) is 5.76 Å². The SMILES string of the molecule is COC(=CC=Cc1cc2cc(Cl)c(Cl)cc2[nH]1)C(=O)NN1CC(C)NC(C)C1. The molecular formula is C20H24Cl2N4O2. The van der Waals surface area contributed by atoms with E-state index in [-0.39, 0.29) is 11.7 Å². The van der Waals surface area contributed by atoms with E-state index in [1.807, 2.05) is 23.2 Å². The van der Waals surface area contributed by atoms with Crippen LogP contribution in [0.2, 0.25) is 10.0 Å². The number of amides is 1. The molecule has 1 amide bonds. The fraction of sp³-hybridized carbons (Fsp3) is 0.350. The molecule has 2 atom stereocenters. The maximum Gasteiger partial charge on any atom is 0.300 e. The smallest absolute Gasteiger partial charge is 0.300 e. The van der Waals surface area contributed by atoms with Crippen LogP contribution in [0.1, 0.15) is 19.5 Å². The lowest BCUT2D eigenvalue weighted by molar-refractivity contribution is -0.126. The molecule has 8 heteroatoms. The van der Waals surface area contributed by atoms with Gasteiger partial charge in [-0.15, -0.1) is 0 Å². The normalized spacial score (nSPS) is 21.4. The van der Waals surface area contributed by atoms with Crippen molar-refractivity contribution in [1.82, 2.24) is 20.7 Å². The van der Waals surface area contributed by atoms with E-state index in [9.17, 15) is 4.79 Å². The van der Waals surface area contributed by atoms with Gasteiger partial charge in [-0.25, -0.2) is 5.01 Å². The Hall–Kier alpha value is -1.99. The minimum absolute atomic E-state index is 0.234. The second-order valence-electron chi connectivity index (χ2n) is 6.99. The summed E-state index contributed by atoms with van der Waals surface area (Å²) in [5.74, 6) is -0.0408. The number of rotatable bonds is 5. The van der Waals surface area contributed by atoms with Crippen LogP contribution in [0.5, 0.6) is 0 Å². The largest absolute Gasteiger partial charge is 0.491 e. The number of allylic oxidation sites excluding steroid dienone is 2. The Labute approximate surface area is 174 Å². The number of fused-ring (bicyclic) bond motifs is 1. The second-order valence-corrected chi connectivity index (χ2v) is 7.80. The Morgan fingerprint density at radius 1 is 1.21 bits per heavy atom. The molecule has 0 spiro atoms. The van der Waals surface area contributed by atoms with Crippen LogP contribution in [0.25, 0.3) is 17.0 Å². The number of ether oxygens (including phenoxy) is 1. The number of halogens is 2. The molecule has 1 saturated heterocycles. The number of hydrazine groups is 1. The second kappa shape index (κ2) is 9.01. The number of methoxy groups -OCH3 is 1. The number of hydrogen-bond donors (Lipinski definition) is 3. The van der Waals surface area contributed by atoms with Gasteiger partial charge < -0.3 is 15.0 Å².